The fourth-order valence-corrected chi connectivity index (χ4v) is 4.76. The van der Waals surface area contributed by atoms with Crippen molar-refractivity contribution in [1.29, 1.82) is 0 Å². The van der Waals surface area contributed by atoms with Gasteiger partial charge in [-0.3, -0.25) is 29.6 Å². The van der Waals surface area contributed by atoms with Crippen LogP contribution in [0.1, 0.15) is 30.5 Å². The number of nitrogens with zero attached hydrogens (tertiary/aromatic N) is 2. The summed E-state index contributed by atoms with van der Waals surface area (Å²) in [6, 6.07) is 19.3. The second-order valence-electron chi connectivity index (χ2n) is 9.33. The van der Waals surface area contributed by atoms with Crippen molar-refractivity contribution in [3.8, 4) is 0 Å². The molecule has 3 aromatic rings. The molecule has 1 heterocycles. The molecule has 0 fully saturated rings. The Morgan fingerprint density at radius 1 is 0.947 bits per heavy atom. The lowest BCUT2D eigenvalue weighted by molar-refractivity contribution is -0.148. The van der Waals surface area contributed by atoms with E-state index in [1.165, 1.54) is 16.0 Å². The van der Waals surface area contributed by atoms with Gasteiger partial charge in [0.15, 0.2) is 0 Å². The van der Waals surface area contributed by atoms with Crippen molar-refractivity contribution >= 4 is 23.5 Å². The fraction of sp³-hybridized carbons (Fsp3) is 0.333. The number of amides is 1. The van der Waals surface area contributed by atoms with Crippen molar-refractivity contribution in [2.75, 3.05) is 18.1 Å². The van der Waals surface area contributed by atoms with E-state index in [2.05, 4.69) is 22.4 Å². The number of hydrogen-bond donors (Lipinski definition) is 1. The molecule has 38 heavy (non-hydrogen) atoms. The molecule has 0 radical (unpaired) electrons. The number of rotatable bonds is 11. The van der Waals surface area contributed by atoms with E-state index in [9.17, 15) is 14.4 Å². The molecular formula is C30H33N3O5. The van der Waals surface area contributed by atoms with Crippen LogP contribution in [0.25, 0.3) is 0 Å². The molecule has 1 aromatic heterocycles. The molecule has 198 valence electrons. The molecular weight excluding hydrogens is 482 g/mol. The number of pyridine rings is 1. The number of nitrogens with one attached hydrogen (secondary N) is 1. The topological polar surface area (TPSA) is 97.8 Å². The van der Waals surface area contributed by atoms with E-state index in [1.54, 1.807) is 38.4 Å². The number of fused-ring (bicyclic) bond motifs is 1. The first-order chi connectivity index (χ1) is 18.5. The van der Waals surface area contributed by atoms with E-state index in [1.807, 2.05) is 42.5 Å². The Morgan fingerprint density at radius 3 is 2.21 bits per heavy atom. The summed E-state index contributed by atoms with van der Waals surface area (Å²) in [5, 5.41) is 3.23. The van der Waals surface area contributed by atoms with Crippen LogP contribution in [0.5, 0.6) is 0 Å². The Bertz CT molecular complexity index is 1210. The fourth-order valence-electron chi connectivity index (χ4n) is 4.76. The molecule has 4 rings (SSSR count). The maximum absolute atomic E-state index is 13.7. The van der Waals surface area contributed by atoms with Gasteiger partial charge in [-0.25, -0.2) is 0 Å². The molecule has 1 aliphatic carbocycles. The molecule has 0 saturated carbocycles. The van der Waals surface area contributed by atoms with Crippen molar-refractivity contribution in [3.05, 3.63) is 95.8 Å². The normalized spacial score (nSPS) is 14.3. The van der Waals surface area contributed by atoms with Crippen LogP contribution in [0.2, 0.25) is 0 Å². The maximum atomic E-state index is 13.7. The van der Waals surface area contributed by atoms with Gasteiger partial charge >= 0.3 is 11.9 Å². The monoisotopic (exact) mass is 515 g/mol. The van der Waals surface area contributed by atoms with E-state index in [0.29, 0.717) is 18.5 Å². The van der Waals surface area contributed by atoms with Gasteiger partial charge in [-0.05, 0) is 61.4 Å². The Morgan fingerprint density at radius 2 is 1.58 bits per heavy atom. The summed E-state index contributed by atoms with van der Waals surface area (Å²) >= 11 is 0. The largest absolute Gasteiger partial charge is 0.465 e. The van der Waals surface area contributed by atoms with Gasteiger partial charge < -0.3 is 9.47 Å². The summed E-state index contributed by atoms with van der Waals surface area (Å²) in [4.78, 5) is 44.8. The average molecular weight is 516 g/mol. The van der Waals surface area contributed by atoms with E-state index in [0.717, 1.165) is 5.56 Å². The van der Waals surface area contributed by atoms with Gasteiger partial charge in [-0.2, -0.15) is 0 Å². The summed E-state index contributed by atoms with van der Waals surface area (Å²) in [7, 11) is 0. The molecule has 1 amide bonds. The second kappa shape index (κ2) is 13.0. The Labute approximate surface area is 223 Å². The highest BCUT2D eigenvalue weighted by Crippen LogP contribution is 2.29. The van der Waals surface area contributed by atoms with Crippen LogP contribution in [-0.2, 0) is 43.3 Å². The quantitative estimate of drug-likeness (QED) is 0.391. The molecule has 0 saturated heterocycles. The first kappa shape index (κ1) is 27.0. The number of benzene rings is 2. The zero-order chi connectivity index (χ0) is 26.9. The maximum Gasteiger partial charge on any atom is 0.326 e. The Kier molecular flexibility index (Phi) is 9.21. The highest BCUT2D eigenvalue weighted by atomic mass is 16.5. The number of carbonyl (C=O) groups excluding carboxylic acids is 3. The lowest BCUT2D eigenvalue weighted by atomic mass is 9.95. The molecule has 2 aromatic carbocycles. The molecule has 1 aliphatic rings. The second-order valence-corrected chi connectivity index (χ2v) is 9.33. The van der Waals surface area contributed by atoms with Crippen LogP contribution < -0.4 is 10.2 Å². The highest BCUT2D eigenvalue weighted by molar-refractivity contribution is 6.00. The van der Waals surface area contributed by atoms with Crippen molar-refractivity contribution in [3.63, 3.8) is 0 Å². The van der Waals surface area contributed by atoms with Gasteiger partial charge in [0, 0.05) is 18.1 Å². The van der Waals surface area contributed by atoms with Gasteiger partial charge in [0.1, 0.15) is 19.2 Å². The van der Waals surface area contributed by atoms with Crippen LogP contribution in [0.4, 0.5) is 5.69 Å². The van der Waals surface area contributed by atoms with Crippen LogP contribution in [0.15, 0.2) is 79.1 Å². The Balaban J connectivity index is 1.48. The summed E-state index contributed by atoms with van der Waals surface area (Å²) in [6.07, 6.45) is 4.54. The summed E-state index contributed by atoms with van der Waals surface area (Å²) in [5.41, 5.74) is 3.77. The van der Waals surface area contributed by atoms with E-state index < -0.39 is 18.1 Å². The third-order valence-corrected chi connectivity index (χ3v) is 6.66. The smallest absolute Gasteiger partial charge is 0.326 e. The van der Waals surface area contributed by atoms with E-state index >= 15 is 0 Å². The van der Waals surface area contributed by atoms with Gasteiger partial charge in [-0.15, -0.1) is 0 Å². The van der Waals surface area contributed by atoms with E-state index in [4.69, 9.17) is 9.47 Å². The van der Waals surface area contributed by atoms with Crippen molar-refractivity contribution < 1.29 is 23.9 Å². The van der Waals surface area contributed by atoms with E-state index in [-0.39, 0.29) is 37.6 Å². The minimum Gasteiger partial charge on any atom is -0.465 e. The number of hydrogen-bond acceptors (Lipinski definition) is 7. The third-order valence-electron chi connectivity index (χ3n) is 6.66. The van der Waals surface area contributed by atoms with Crippen LogP contribution in [0, 0.1) is 5.92 Å². The first-order valence-electron chi connectivity index (χ1n) is 12.9. The zero-order valence-electron chi connectivity index (χ0n) is 21.7. The number of esters is 2. The van der Waals surface area contributed by atoms with Gasteiger partial charge in [0.05, 0.1) is 12.6 Å². The SMILES string of the molecule is CCOC(=O)C(N[C@@H](C)C(=O)N(CC(=O)OCc1ccccc1)c1ccncc1)C1Cc2ccccc2C1. The predicted molar refractivity (Wildman–Crippen MR) is 143 cm³/mol. The number of aromatic nitrogens is 1. The lowest BCUT2D eigenvalue weighted by Crippen LogP contribution is -2.54. The number of anilines is 1. The standard InChI is InChI=1S/C30H33N3O5/c1-3-37-30(36)28(25-17-23-11-7-8-12-24(23)18-25)32-21(2)29(35)33(26-13-15-31-16-14-26)19-27(34)38-20-22-9-5-4-6-10-22/h4-16,21,25,28,32H,3,17-20H2,1-2H3/t21-,28?/m0/s1. The van der Waals surface area contributed by atoms with Gasteiger partial charge in [-0.1, -0.05) is 54.6 Å². The minimum atomic E-state index is -0.775. The molecule has 8 heteroatoms. The highest BCUT2D eigenvalue weighted by Gasteiger charge is 2.37. The molecule has 0 aliphatic heterocycles. The minimum absolute atomic E-state index is 0.0492. The predicted octanol–water partition coefficient (Wildman–Crippen LogP) is 3.48. The summed E-state index contributed by atoms with van der Waals surface area (Å²) in [5.74, 6) is -1.34. The van der Waals surface area contributed by atoms with Crippen LogP contribution >= 0.6 is 0 Å². The molecule has 2 atom stereocenters. The van der Waals surface area contributed by atoms with Crippen molar-refractivity contribution in [1.82, 2.24) is 10.3 Å². The van der Waals surface area contributed by atoms with Crippen LogP contribution in [-0.4, -0.2) is 48.1 Å². The average Bonchev–Trinajstić information content (AvgIpc) is 3.38. The van der Waals surface area contributed by atoms with Crippen molar-refractivity contribution in [2.45, 2.75) is 45.4 Å². The third kappa shape index (κ3) is 6.83. The summed E-state index contributed by atoms with van der Waals surface area (Å²) in [6.45, 7) is 3.54. The van der Waals surface area contributed by atoms with Gasteiger partial charge in [0.25, 0.3) is 0 Å². The zero-order valence-corrected chi connectivity index (χ0v) is 21.7. The van der Waals surface area contributed by atoms with Crippen LogP contribution in [0.3, 0.4) is 0 Å². The lowest BCUT2D eigenvalue weighted by Gasteiger charge is -2.30. The number of ether oxygens (including phenoxy) is 2. The molecule has 8 nitrogen and oxygen atoms in total. The molecule has 1 unspecified atom stereocenters. The Hall–Kier alpha value is -4.04. The molecule has 0 spiro atoms. The molecule has 0 bridgehead atoms. The first-order valence-corrected chi connectivity index (χ1v) is 12.9. The summed E-state index contributed by atoms with van der Waals surface area (Å²) < 4.78 is 10.8. The van der Waals surface area contributed by atoms with Crippen molar-refractivity contribution in [2.24, 2.45) is 5.92 Å². The number of carbonyl (C=O) groups is 3. The molecule has 1 N–H and O–H groups in total. The van der Waals surface area contributed by atoms with Gasteiger partial charge in [0.2, 0.25) is 5.91 Å².